The Morgan fingerprint density at radius 2 is 1.84 bits per heavy atom. The number of amides is 2. The van der Waals surface area contributed by atoms with Gasteiger partial charge in [0.05, 0.1) is 12.2 Å². The first-order valence-corrected chi connectivity index (χ1v) is 11.6. The van der Waals surface area contributed by atoms with E-state index in [1.165, 1.54) is 5.56 Å². The number of nitrogens with zero attached hydrogens (tertiary/aromatic N) is 2. The Hall–Kier alpha value is -2.44. The predicted octanol–water partition coefficient (Wildman–Crippen LogP) is 3.73. The van der Waals surface area contributed by atoms with Gasteiger partial charge in [-0.25, -0.2) is 0 Å². The molecular weight excluding hydrogens is 424 g/mol. The summed E-state index contributed by atoms with van der Waals surface area (Å²) >= 11 is 6.18. The Balaban J connectivity index is 1.42. The van der Waals surface area contributed by atoms with Crippen LogP contribution in [0.5, 0.6) is 0 Å². The number of aromatic nitrogens is 1. The van der Waals surface area contributed by atoms with E-state index in [0.717, 1.165) is 42.8 Å². The second-order valence-corrected chi connectivity index (χ2v) is 9.30. The van der Waals surface area contributed by atoms with Crippen molar-refractivity contribution in [2.24, 2.45) is 0 Å². The maximum absolute atomic E-state index is 12.4. The number of rotatable bonds is 9. The molecule has 7 heteroatoms. The lowest BCUT2D eigenvalue weighted by molar-refractivity contribution is -0.127. The summed E-state index contributed by atoms with van der Waals surface area (Å²) in [4.78, 5) is 30.9. The number of carbonyl (C=O) groups excluding carboxylic acids is 2. The van der Waals surface area contributed by atoms with Gasteiger partial charge in [-0.3, -0.25) is 14.6 Å². The van der Waals surface area contributed by atoms with Crippen LogP contribution >= 0.6 is 11.6 Å². The minimum Gasteiger partial charge on any atom is -0.353 e. The van der Waals surface area contributed by atoms with Gasteiger partial charge in [-0.05, 0) is 76.0 Å². The van der Waals surface area contributed by atoms with E-state index in [0.29, 0.717) is 6.54 Å². The fourth-order valence-electron chi connectivity index (χ4n) is 4.42. The summed E-state index contributed by atoms with van der Waals surface area (Å²) in [6, 6.07) is 13.8. The standard InChI is InChI=1S/C25H33ClN4O2/c1-30(2)25(17-19-6-5-7-20(26)16-19)13-11-21(12-14-25)29-24(32)10-9-23(31)28-18-22-8-3-4-15-27-22/h3-8,15-16,21H,9-14,17-18H2,1-2H3,(H,28,31)(H,29,32). The van der Waals surface area contributed by atoms with Crippen LogP contribution in [0, 0.1) is 0 Å². The first kappa shape index (κ1) is 24.2. The zero-order valence-electron chi connectivity index (χ0n) is 18.9. The molecule has 32 heavy (non-hydrogen) atoms. The molecule has 0 radical (unpaired) electrons. The Bertz CT molecular complexity index is 896. The minimum absolute atomic E-state index is 0.0600. The average Bonchev–Trinajstić information content (AvgIpc) is 2.78. The Kier molecular flexibility index (Phi) is 8.65. The predicted molar refractivity (Wildman–Crippen MR) is 127 cm³/mol. The lowest BCUT2D eigenvalue weighted by atomic mass is 9.75. The summed E-state index contributed by atoms with van der Waals surface area (Å²) in [6.45, 7) is 0.378. The van der Waals surface area contributed by atoms with Gasteiger partial charge in [0.25, 0.3) is 0 Å². The van der Waals surface area contributed by atoms with Crippen molar-refractivity contribution in [3.05, 3.63) is 64.9 Å². The topological polar surface area (TPSA) is 74.3 Å². The summed E-state index contributed by atoms with van der Waals surface area (Å²) in [5, 5.41) is 6.70. The SMILES string of the molecule is CN(C)C1(Cc2cccc(Cl)c2)CCC(NC(=O)CCC(=O)NCc2ccccn2)CC1. The first-order valence-electron chi connectivity index (χ1n) is 11.2. The zero-order chi connectivity index (χ0) is 23.0. The Labute approximate surface area is 195 Å². The van der Waals surface area contributed by atoms with Crippen LogP contribution in [0.25, 0.3) is 0 Å². The van der Waals surface area contributed by atoms with Gasteiger partial charge < -0.3 is 15.5 Å². The third-order valence-corrected chi connectivity index (χ3v) is 6.66. The van der Waals surface area contributed by atoms with Crippen LogP contribution in [0.3, 0.4) is 0 Å². The van der Waals surface area contributed by atoms with Crippen LogP contribution in [0.2, 0.25) is 5.02 Å². The van der Waals surface area contributed by atoms with Crippen molar-refractivity contribution in [2.45, 2.75) is 63.1 Å². The summed E-state index contributed by atoms with van der Waals surface area (Å²) in [7, 11) is 4.26. The monoisotopic (exact) mass is 456 g/mol. The van der Waals surface area contributed by atoms with E-state index in [-0.39, 0.29) is 36.2 Å². The van der Waals surface area contributed by atoms with Crippen LogP contribution in [0.1, 0.15) is 49.8 Å². The van der Waals surface area contributed by atoms with Crippen molar-refractivity contribution >= 4 is 23.4 Å². The lowest BCUT2D eigenvalue weighted by Gasteiger charge is -2.45. The highest BCUT2D eigenvalue weighted by molar-refractivity contribution is 6.30. The molecule has 0 unspecified atom stereocenters. The maximum atomic E-state index is 12.4. The fourth-order valence-corrected chi connectivity index (χ4v) is 4.63. The maximum Gasteiger partial charge on any atom is 0.220 e. The fraction of sp³-hybridized carbons (Fsp3) is 0.480. The third kappa shape index (κ3) is 7.04. The quantitative estimate of drug-likeness (QED) is 0.602. The molecule has 1 aliphatic carbocycles. The molecule has 0 saturated heterocycles. The van der Waals surface area contributed by atoms with Gasteiger partial charge in [-0.1, -0.05) is 29.8 Å². The van der Waals surface area contributed by atoms with E-state index in [2.05, 4.69) is 40.7 Å². The molecular formula is C25H33ClN4O2. The van der Waals surface area contributed by atoms with Crippen molar-refractivity contribution in [3.8, 4) is 0 Å². The van der Waals surface area contributed by atoms with Gasteiger partial charge in [0.1, 0.15) is 0 Å². The molecule has 2 amide bonds. The van der Waals surface area contributed by atoms with Crippen molar-refractivity contribution in [2.75, 3.05) is 14.1 Å². The molecule has 1 fully saturated rings. The molecule has 2 aromatic rings. The van der Waals surface area contributed by atoms with Crippen LogP contribution in [-0.2, 0) is 22.6 Å². The molecule has 6 nitrogen and oxygen atoms in total. The molecule has 3 rings (SSSR count). The van der Waals surface area contributed by atoms with E-state index in [1.54, 1.807) is 6.20 Å². The number of hydrogen-bond donors (Lipinski definition) is 2. The minimum atomic E-state index is -0.136. The van der Waals surface area contributed by atoms with E-state index in [9.17, 15) is 9.59 Å². The highest BCUT2D eigenvalue weighted by Gasteiger charge is 2.37. The molecule has 0 atom stereocenters. The molecule has 1 aromatic heterocycles. The smallest absolute Gasteiger partial charge is 0.220 e. The van der Waals surface area contributed by atoms with Crippen LogP contribution in [-0.4, -0.2) is 47.4 Å². The largest absolute Gasteiger partial charge is 0.353 e. The van der Waals surface area contributed by atoms with Crippen molar-refractivity contribution in [1.82, 2.24) is 20.5 Å². The molecule has 0 spiro atoms. The normalized spacial score (nSPS) is 20.7. The number of likely N-dealkylation sites (N-methyl/N-ethyl adjacent to an activating group) is 1. The van der Waals surface area contributed by atoms with Crippen molar-refractivity contribution < 1.29 is 9.59 Å². The summed E-state index contributed by atoms with van der Waals surface area (Å²) in [5.41, 5.74) is 2.11. The van der Waals surface area contributed by atoms with Crippen LogP contribution in [0.4, 0.5) is 0 Å². The molecule has 172 valence electrons. The van der Waals surface area contributed by atoms with Gasteiger partial charge in [-0.15, -0.1) is 0 Å². The summed E-state index contributed by atoms with van der Waals surface area (Å²) < 4.78 is 0. The lowest BCUT2D eigenvalue weighted by Crippen LogP contribution is -2.52. The van der Waals surface area contributed by atoms with Gasteiger partial charge >= 0.3 is 0 Å². The number of halogens is 1. The molecule has 1 aliphatic rings. The van der Waals surface area contributed by atoms with Gasteiger partial charge in [0.2, 0.25) is 11.8 Å². The Morgan fingerprint density at radius 3 is 2.50 bits per heavy atom. The Morgan fingerprint density at radius 1 is 1.09 bits per heavy atom. The van der Waals surface area contributed by atoms with Gasteiger partial charge in [-0.2, -0.15) is 0 Å². The van der Waals surface area contributed by atoms with Crippen LogP contribution < -0.4 is 10.6 Å². The molecule has 0 aliphatic heterocycles. The van der Waals surface area contributed by atoms with E-state index >= 15 is 0 Å². The average molecular weight is 457 g/mol. The molecule has 2 N–H and O–H groups in total. The highest BCUT2D eigenvalue weighted by atomic mass is 35.5. The molecule has 0 bridgehead atoms. The van der Waals surface area contributed by atoms with E-state index < -0.39 is 0 Å². The zero-order valence-corrected chi connectivity index (χ0v) is 19.7. The summed E-state index contributed by atoms with van der Waals surface area (Å²) in [6.07, 6.45) is 6.88. The highest BCUT2D eigenvalue weighted by Crippen LogP contribution is 2.35. The first-order chi connectivity index (χ1) is 15.4. The summed E-state index contributed by atoms with van der Waals surface area (Å²) in [5.74, 6) is -0.197. The molecule has 1 aromatic carbocycles. The van der Waals surface area contributed by atoms with E-state index in [1.807, 2.05) is 36.4 Å². The number of hydrogen-bond acceptors (Lipinski definition) is 4. The molecule has 1 saturated carbocycles. The number of pyridine rings is 1. The number of carbonyl (C=O) groups is 2. The molecule has 1 heterocycles. The second-order valence-electron chi connectivity index (χ2n) is 8.87. The van der Waals surface area contributed by atoms with Crippen LogP contribution in [0.15, 0.2) is 48.7 Å². The second kappa shape index (κ2) is 11.4. The van der Waals surface area contributed by atoms with Crippen molar-refractivity contribution in [3.63, 3.8) is 0 Å². The third-order valence-electron chi connectivity index (χ3n) is 6.42. The van der Waals surface area contributed by atoms with Crippen molar-refractivity contribution in [1.29, 1.82) is 0 Å². The van der Waals surface area contributed by atoms with Gasteiger partial charge in [0.15, 0.2) is 0 Å². The number of benzene rings is 1. The van der Waals surface area contributed by atoms with Gasteiger partial charge in [0, 0.05) is 35.6 Å². The number of nitrogens with one attached hydrogen (secondary N) is 2. The van der Waals surface area contributed by atoms with E-state index in [4.69, 9.17) is 11.6 Å².